The van der Waals surface area contributed by atoms with Crippen molar-refractivity contribution in [1.29, 1.82) is 0 Å². The molecule has 4 rings (SSSR count). The number of nitrogens with one attached hydrogen (secondary N) is 1. The number of carbonyl (C=O) groups is 1. The third kappa shape index (κ3) is 3.54. The molecular weight excluding hydrogens is 318 g/mol. The number of carbonyl (C=O) groups excluding carboxylic acids is 1. The van der Waals surface area contributed by atoms with Crippen molar-refractivity contribution in [2.75, 3.05) is 26.8 Å². The molecule has 1 amide bonds. The lowest BCUT2D eigenvalue weighted by Crippen LogP contribution is -2.30. The molecule has 2 heterocycles. The largest absolute Gasteiger partial charge is 0.496 e. The zero-order chi connectivity index (χ0) is 17.2. The van der Waals surface area contributed by atoms with Crippen molar-refractivity contribution >= 4 is 5.91 Å². The van der Waals surface area contributed by atoms with Crippen LogP contribution in [-0.4, -0.2) is 53.9 Å². The summed E-state index contributed by atoms with van der Waals surface area (Å²) in [5, 5.41) is 7.16. The third-order valence-electron chi connectivity index (χ3n) is 4.89. The number of likely N-dealkylation sites (tertiary alicyclic amines) is 1. The standard InChI is InChI=1S/C19H23N3O3/c1-24-18-5-3-2-4-15(18)16-10-17(21-20-16)19(23)22-9-8-14(11-22)25-12-13-6-7-13/h2-5,10,13-14H,6-9,11-12H2,1H3,(H,20,21). The average molecular weight is 341 g/mol. The highest BCUT2D eigenvalue weighted by molar-refractivity contribution is 5.93. The molecule has 1 aromatic carbocycles. The van der Waals surface area contributed by atoms with Crippen LogP contribution in [0.2, 0.25) is 0 Å². The molecule has 1 aromatic heterocycles. The maximum Gasteiger partial charge on any atom is 0.271 e. The summed E-state index contributed by atoms with van der Waals surface area (Å²) < 4.78 is 11.3. The quantitative estimate of drug-likeness (QED) is 0.877. The van der Waals surface area contributed by atoms with Crippen molar-refractivity contribution in [1.82, 2.24) is 15.1 Å². The van der Waals surface area contributed by atoms with Crippen LogP contribution in [0.1, 0.15) is 29.8 Å². The summed E-state index contributed by atoms with van der Waals surface area (Å²) in [5.74, 6) is 1.47. The number of aromatic amines is 1. The minimum atomic E-state index is -0.0221. The van der Waals surface area contributed by atoms with E-state index in [2.05, 4.69) is 10.2 Å². The Morgan fingerprint density at radius 2 is 2.16 bits per heavy atom. The molecule has 0 spiro atoms. The average Bonchev–Trinajstić information content (AvgIpc) is 3.15. The molecule has 1 saturated carbocycles. The van der Waals surface area contributed by atoms with Crippen LogP contribution in [0.5, 0.6) is 5.75 Å². The second-order valence-corrected chi connectivity index (χ2v) is 6.81. The van der Waals surface area contributed by atoms with Gasteiger partial charge in [-0.3, -0.25) is 9.89 Å². The summed E-state index contributed by atoms with van der Waals surface area (Å²) in [6.07, 6.45) is 3.65. The van der Waals surface area contributed by atoms with Gasteiger partial charge in [0.1, 0.15) is 11.4 Å². The van der Waals surface area contributed by atoms with E-state index in [0.29, 0.717) is 17.9 Å². The van der Waals surface area contributed by atoms with Gasteiger partial charge in [0.25, 0.3) is 5.91 Å². The second kappa shape index (κ2) is 6.88. The van der Waals surface area contributed by atoms with Gasteiger partial charge in [0.15, 0.2) is 0 Å². The van der Waals surface area contributed by atoms with Crippen LogP contribution in [-0.2, 0) is 4.74 Å². The number of hydrogen-bond donors (Lipinski definition) is 1. The van der Waals surface area contributed by atoms with Crippen molar-refractivity contribution < 1.29 is 14.3 Å². The number of benzene rings is 1. The first-order valence-electron chi connectivity index (χ1n) is 8.84. The van der Waals surface area contributed by atoms with Crippen molar-refractivity contribution in [2.45, 2.75) is 25.4 Å². The fraction of sp³-hybridized carbons (Fsp3) is 0.474. The molecule has 132 valence electrons. The monoisotopic (exact) mass is 341 g/mol. The minimum Gasteiger partial charge on any atom is -0.496 e. The SMILES string of the molecule is COc1ccccc1-c1cc(C(=O)N2CCC(OCC3CC3)C2)[nH]n1. The molecule has 1 aliphatic heterocycles. The summed E-state index contributed by atoms with van der Waals surface area (Å²) >= 11 is 0. The highest BCUT2D eigenvalue weighted by Crippen LogP contribution is 2.31. The van der Waals surface area contributed by atoms with Crippen molar-refractivity contribution in [3.05, 3.63) is 36.0 Å². The Balaban J connectivity index is 1.42. The van der Waals surface area contributed by atoms with Crippen LogP contribution in [0.3, 0.4) is 0 Å². The molecule has 0 bridgehead atoms. The molecule has 2 aromatic rings. The van der Waals surface area contributed by atoms with E-state index in [1.54, 1.807) is 13.2 Å². The van der Waals surface area contributed by atoms with Crippen LogP contribution in [0.25, 0.3) is 11.3 Å². The van der Waals surface area contributed by atoms with Gasteiger partial charge in [0.2, 0.25) is 0 Å². The maximum atomic E-state index is 12.7. The van der Waals surface area contributed by atoms with Crippen LogP contribution in [0, 0.1) is 5.92 Å². The normalized spacial score (nSPS) is 20.0. The van der Waals surface area contributed by atoms with E-state index in [-0.39, 0.29) is 12.0 Å². The summed E-state index contributed by atoms with van der Waals surface area (Å²) in [4.78, 5) is 14.6. The lowest BCUT2D eigenvalue weighted by Gasteiger charge is -2.15. The van der Waals surface area contributed by atoms with Crippen molar-refractivity contribution in [3.8, 4) is 17.0 Å². The van der Waals surface area contributed by atoms with Gasteiger partial charge in [-0.25, -0.2) is 0 Å². The van der Waals surface area contributed by atoms with Gasteiger partial charge < -0.3 is 14.4 Å². The topological polar surface area (TPSA) is 67.4 Å². The van der Waals surface area contributed by atoms with Gasteiger partial charge in [-0.1, -0.05) is 12.1 Å². The molecule has 1 N–H and O–H groups in total. The lowest BCUT2D eigenvalue weighted by atomic mass is 10.1. The number of ether oxygens (including phenoxy) is 2. The summed E-state index contributed by atoms with van der Waals surface area (Å²) in [5.41, 5.74) is 2.08. The molecule has 2 aliphatic rings. The van der Waals surface area contributed by atoms with E-state index >= 15 is 0 Å². The predicted molar refractivity (Wildman–Crippen MR) is 93.6 cm³/mol. The van der Waals surface area contributed by atoms with E-state index < -0.39 is 0 Å². The van der Waals surface area contributed by atoms with Crippen molar-refractivity contribution in [2.24, 2.45) is 5.92 Å². The predicted octanol–water partition coefficient (Wildman–Crippen LogP) is 2.73. The molecular formula is C19H23N3O3. The van der Waals surface area contributed by atoms with E-state index in [4.69, 9.17) is 9.47 Å². The van der Waals surface area contributed by atoms with Gasteiger partial charge in [-0.2, -0.15) is 5.10 Å². The Labute approximate surface area is 147 Å². The van der Waals surface area contributed by atoms with Crippen LogP contribution >= 0.6 is 0 Å². The first-order valence-corrected chi connectivity index (χ1v) is 8.84. The summed E-state index contributed by atoms with van der Waals surface area (Å²) in [6, 6.07) is 9.44. The van der Waals surface area contributed by atoms with Gasteiger partial charge in [0.05, 0.1) is 18.9 Å². The zero-order valence-corrected chi connectivity index (χ0v) is 14.4. The number of aromatic nitrogens is 2. The molecule has 25 heavy (non-hydrogen) atoms. The van der Waals surface area contributed by atoms with Gasteiger partial charge >= 0.3 is 0 Å². The van der Waals surface area contributed by atoms with Crippen LogP contribution in [0.15, 0.2) is 30.3 Å². The smallest absolute Gasteiger partial charge is 0.271 e. The van der Waals surface area contributed by atoms with E-state index in [1.165, 1.54) is 12.8 Å². The number of rotatable bonds is 6. The molecule has 2 fully saturated rings. The van der Waals surface area contributed by atoms with Crippen LogP contribution in [0.4, 0.5) is 0 Å². The Morgan fingerprint density at radius 3 is 2.96 bits per heavy atom. The number of amides is 1. The number of para-hydroxylation sites is 1. The number of hydrogen-bond acceptors (Lipinski definition) is 4. The third-order valence-corrected chi connectivity index (χ3v) is 4.89. The van der Waals surface area contributed by atoms with Crippen LogP contribution < -0.4 is 4.74 Å². The highest BCUT2D eigenvalue weighted by atomic mass is 16.5. The Hall–Kier alpha value is -2.34. The number of nitrogens with zero attached hydrogens (tertiary/aromatic N) is 2. The molecule has 1 unspecified atom stereocenters. The van der Waals surface area contributed by atoms with Gasteiger partial charge in [-0.15, -0.1) is 0 Å². The number of H-pyrrole nitrogens is 1. The van der Waals surface area contributed by atoms with Gasteiger partial charge in [0, 0.05) is 25.3 Å². The maximum absolute atomic E-state index is 12.7. The molecule has 1 atom stereocenters. The molecule has 6 heteroatoms. The fourth-order valence-corrected chi connectivity index (χ4v) is 3.20. The zero-order valence-electron chi connectivity index (χ0n) is 14.4. The summed E-state index contributed by atoms with van der Waals surface area (Å²) in [7, 11) is 1.63. The number of methoxy groups -OCH3 is 1. The lowest BCUT2D eigenvalue weighted by molar-refractivity contribution is 0.0479. The minimum absolute atomic E-state index is 0.0221. The Bertz CT molecular complexity index is 754. The Morgan fingerprint density at radius 1 is 1.32 bits per heavy atom. The van der Waals surface area contributed by atoms with Gasteiger partial charge in [-0.05, 0) is 43.4 Å². The summed E-state index contributed by atoms with van der Waals surface area (Å²) in [6.45, 7) is 2.24. The second-order valence-electron chi connectivity index (χ2n) is 6.81. The first kappa shape index (κ1) is 16.1. The fourth-order valence-electron chi connectivity index (χ4n) is 3.20. The molecule has 1 aliphatic carbocycles. The van der Waals surface area contributed by atoms with E-state index in [0.717, 1.165) is 36.8 Å². The molecule has 1 saturated heterocycles. The molecule has 6 nitrogen and oxygen atoms in total. The first-order chi connectivity index (χ1) is 12.2. The highest BCUT2D eigenvalue weighted by Gasteiger charge is 2.30. The van der Waals surface area contributed by atoms with E-state index in [1.807, 2.05) is 29.2 Å². The van der Waals surface area contributed by atoms with Crippen molar-refractivity contribution in [3.63, 3.8) is 0 Å². The molecule has 0 radical (unpaired) electrons. The van der Waals surface area contributed by atoms with E-state index in [9.17, 15) is 4.79 Å². The Kier molecular flexibility index (Phi) is 4.44.